The van der Waals surface area contributed by atoms with Gasteiger partial charge in [-0.2, -0.15) is 0 Å². The van der Waals surface area contributed by atoms with Crippen LogP contribution in [0, 0.1) is 0 Å². The van der Waals surface area contributed by atoms with Crippen LogP contribution in [-0.4, -0.2) is 12.8 Å². The Labute approximate surface area is 94.9 Å². The summed E-state index contributed by atoms with van der Waals surface area (Å²) in [6.07, 6.45) is 7.80. The summed E-state index contributed by atoms with van der Waals surface area (Å²) >= 11 is 3.35. The van der Waals surface area contributed by atoms with Crippen molar-refractivity contribution in [2.24, 2.45) is 4.99 Å². The second-order valence-corrected chi connectivity index (χ2v) is 3.61. The Bertz CT molecular complexity index is 231. The number of halogens is 1. The summed E-state index contributed by atoms with van der Waals surface area (Å²) < 4.78 is 6.31. The second-order valence-electron chi connectivity index (χ2n) is 2.70. The van der Waals surface area contributed by atoms with E-state index >= 15 is 0 Å². The molecule has 0 atom stereocenters. The molecule has 0 saturated carbocycles. The van der Waals surface area contributed by atoms with E-state index in [0.29, 0.717) is 12.5 Å². The zero-order valence-corrected chi connectivity index (χ0v) is 10.7. The molecule has 3 heteroatoms. The summed E-state index contributed by atoms with van der Waals surface area (Å²) in [5, 5.41) is 0. The molecule has 0 unspecified atom stereocenters. The third-order valence-electron chi connectivity index (χ3n) is 1.49. The first kappa shape index (κ1) is 13.4. The molecule has 0 N–H and O–H groups in total. The number of unbranched alkanes of at least 4 members (excludes halogenated alkanes) is 1. The number of aliphatic imine (C=N–C) groups is 1. The number of rotatable bonds is 6. The van der Waals surface area contributed by atoms with E-state index in [-0.39, 0.29) is 0 Å². The highest BCUT2D eigenvalue weighted by Crippen LogP contribution is 2.06. The van der Waals surface area contributed by atoms with Crippen molar-refractivity contribution in [3.63, 3.8) is 0 Å². The first-order valence-electron chi connectivity index (χ1n) is 4.93. The summed E-state index contributed by atoms with van der Waals surface area (Å²) in [5.74, 6) is 0.702. The molecule has 14 heavy (non-hydrogen) atoms. The van der Waals surface area contributed by atoms with Crippen molar-refractivity contribution in [2.45, 2.75) is 33.6 Å². The number of nitrogens with zero attached hydrogens (tertiary/aromatic N) is 1. The zero-order chi connectivity index (χ0) is 10.8. The molecule has 0 aromatic carbocycles. The van der Waals surface area contributed by atoms with E-state index in [9.17, 15) is 0 Å². The Morgan fingerprint density at radius 3 is 2.64 bits per heavy atom. The Morgan fingerprint density at radius 1 is 1.43 bits per heavy atom. The fourth-order valence-corrected chi connectivity index (χ4v) is 0.867. The molecule has 0 heterocycles. The van der Waals surface area contributed by atoms with Gasteiger partial charge in [0, 0.05) is 10.7 Å². The van der Waals surface area contributed by atoms with E-state index in [4.69, 9.17) is 4.74 Å². The lowest BCUT2D eigenvalue weighted by atomic mass is 10.3. The number of ether oxygens (including phenoxy) is 1. The van der Waals surface area contributed by atoms with Crippen LogP contribution in [0.4, 0.5) is 0 Å². The summed E-state index contributed by atoms with van der Waals surface area (Å²) in [6, 6.07) is 0. The van der Waals surface area contributed by atoms with Crippen LogP contribution >= 0.6 is 15.9 Å². The lowest BCUT2D eigenvalue weighted by Crippen LogP contribution is -1.89. The van der Waals surface area contributed by atoms with Gasteiger partial charge < -0.3 is 4.74 Å². The normalized spacial score (nSPS) is 13.7. The third kappa shape index (κ3) is 6.89. The van der Waals surface area contributed by atoms with Gasteiger partial charge in [-0.05, 0) is 42.3 Å². The maximum atomic E-state index is 5.35. The fraction of sp³-hybridized carbons (Fsp3) is 0.545. The van der Waals surface area contributed by atoms with Gasteiger partial charge in [-0.15, -0.1) is 0 Å². The van der Waals surface area contributed by atoms with Crippen LogP contribution in [0.5, 0.6) is 0 Å². The summed E-state index contributed by atoms with van der Waals surface area (Å²) in [5.41, 5.74) is 0. The quantitative estimate of drug-likeness (QED) is 0.521. The maximum absolute atomic E-state index is 5.35. The van der Waals surface area contributed by atoms with Gasteiger partial charge in [-0.25, -0.2) is 4.99 Å². The molecule has 0 aliphatic heterocycles. The van der Waals surface area contributed by atoms with Gasteiger partial charge in [-0.3, -0.25) is 0 Å². The molecule has 0 spiro atoms. The Kier molecular flexibility index (Phi) is 8.64. The van der Waals surface area contributed by atoms with Crippen molar-refractivity contribution in [3.8, 4) is 0 Å². The van der Waals surface area contributed by atoms with Gasteiger partial charge in [-0.1, -0.05) is 19.4 Å². The molecule has 0 aromatic rings. The van der Waals surface area contributed by atoms with Crippen LogP contribution in [0.1, 0.15) is 33.6 Å². The Balaban J connectivity index is 4.28. The first-order valence-corrected chi connectivity index (χ1v) is 5.72. The summed E-state index contributed by atoms with van der Waals surface area (Å²) in [7, 11) is 0. The van der Waals surface area contributed by atoms with Crippen molar-refractivity contribution in [2.75, 3.05) is 6.61 Å². The van der Waals surface area contributed by atoms with Crippen LogP contribution in [0.3, 0.4) is 0 Å². The van der Waals surface area contributed by atoms with Crippen molar-refractivity contribution >= 4 is 22.1 Å². The lowest BCUT2D eigenvalue weighted by molar-refractivity contribution is 0.226. The van der Waals surface area contributed by atoms with Crippen molar-refractivity contribution < 1.29 is 4.74 Å². The standard InChI is InChI=1S/C11H18BrNO/c1-4-7-8-11(14-6-3)13-9-10(12)5-2/h5,8-9H,4,6-7H2,1-3H3/b10-5+,11-8-,13-9+. The Hall–Kier alpha value is -0.570. The van der Waals surface area contributed by atoms with Gasteiger partial charge in [0.05, 0.1) is 6.61 Å². The molecule has 0 bridgehead atoms. The second kappa shape index (κ2) is 9.00. The topological polar surface area (TPSA) is 21.6 Å². The minimum absolute atomic E-state index is 0.653. The van der Waals surface area contributed by atoms with E-state index in [0.717, 1.165) is 17.3 Å². The van der Waals surface area contributed by atoms with Crippen molar-refractivity contribution in [3.05, 3.63) is 22.5 Å². The lowest BCUT2D eigenvalue weighted by Gasteiger charge is -2.02. The molecule has 0 aliphatic carbocycles. The molecule has 0 rings (SSSR count). The largest absolute Gasteiger partial charge is 0.478 e. The van der Waals surface area contributed by atoms with Crippen LogP contribution in [0.15, 0.2) is 27.5 Å². The van der Waals surface area contributed by atoms with E-state index in [1.54, 1.807) is 6.21 Å². The van der Waals surface area contributed by atoms with Gasteiger partial charge in [0.2, 0.25) is 5.88 Å². The molecule has 2 nitrogen and oxygen atoms in total. The predicted octanol–water partition coefficient (Wildman–Crippen LogP) is 4.03. The minimum Gasteiger partial charge on any atom is -0.478 e. The number of allylic oxidation sites excluding steroid dienone is 3. The molecular formula is C11H18BrNO. The number of hydrogen-bond donors (Lipinski definition) is 0. The van der Waals surface area contributed by atoms with Crippen molar-refractivity contribution in [1.29, 1.82) is 0 Å². The molecule has 0 amide bonds. The van der Waals surface area contributed by atoms with Crippen LogP contribution < -0.4 is 0 Å². The highest BCUT2D eigenvalue weighted by atomic mass is 79.9. The smallest absolute Gasteiger partial charge is 0.209 e. The summed E-state index contributed by atoms with van der Waals surface area (Å²) in [6.45, 7) is 6.69. The number of hydrogen-bond acceptors (Lipinski definition) is 2. The third-order valence-corrected chi connectivity index (χ3v) is 2.15. The predicted molar refractivity (Wildman–Crippen MR) is 65.8 cm³/mol. The summed E-state index contributed by atoms with van der Waals surface area (Å²) in [4.78, 5) is 4.22. The van der Waals surface area contributed by atoms with Gasteiger partial charge in [0.15, 0.2) is 0 Å². The van der Waals surface area contributed by atoms with E-state index in [2.05, 4.69) is 27.8 Å². The fourth-order valence-electron chi connectivity index (χ4n) is 0.764. The van der Waals surface area contributed by atoms with Crippen LogP contribution in [0.2, 0.25) is 0 Å². The van der Waals surface area contributed by atoms with Gasteiger partial charge in [0.25, 0.3) is 0 Å². The van der Waals surface area contributed by atoms with E-state index in [1.165, 1.54) is 0 Å². The molecule has 0 aromatic heterocycles. The van der Waals surface area contributed by atoms with Gasteiger partial charge in [0.1, 0.15) is 0 Å². The van der Waals surface area contributed by atoms with Crippen LogP contribution in [0.25, 0.3) is 0 Å². The molecular weight excluding hydrogens is 242 g/mol. The molecule has 0 aliphatic rings. The van der Waals surface area contributed by atoms with Crippen LogP contribution in [-0.2, 0) is 4.74 Å². The highest BCUT2D eigenvalue weighted by molar-refractivity contribution is 9.12. The monoisotopic (exact) mass is 259 g/mol. The first-order chi connectivity index (χ1) is 6.74. The minimum atomic E-state index is 0.653. The molecule has 0 fully saturated rings. The van der Waals surface area contributed by atoms with E-state index in [1.807, 2.05) is 26.0 Å². The average molecular weight is 260 g/mol. The maximum Gasteiger partial charge on any atom is 0.209 e. The van der Waals surface area contributed by atoms with E-state index < -0.39 is 0 Å². The SMILES string of the molecule is C\C=C(Br)/C=N/C(=C/CCC)OCC. The molecule has 80 valence electrons. The molecule has 0 radical (unpaired) electrons. The van der Waals surface area contributed by atoms with Crippen molar-refractivity contribution in [1.82, 2.24) is 0 Å². The average Bonchev–Trinajstić information content (AvgIpc) is 2.21. The zero-order valence-electron chi connectivity index (χ0n) is 9.09. The Morgan fingerprint density at radius 2 is 2.14 bits per heavy atom. The highest BCUT2D eigenvalue weighted by Gasteiger charge is 1.92. The molecule has 0 saturated heterocycles. The van der Waals surface area contributed by atoms with Gasteiger partial charge >= 0.3 is 0 Å².